The van der Waals surface area contributed by atoms with E-state index in [4.69, 9.17) is 5.21 Å². The van der Waals surface area contributed by atoms with E-state index in [1.54, 1.807) is 0 Å². The van der Waals surface area contributed by atoms with Gasteiger partial charge in [0.1, 0.15) is 6.21 Å². The van der Waals surface area contributed by atoms with E-state index in [9.17, 15) is 4.79 Å². The maximum atomic E-state index is 10.8. The first kappa shape index (κ1) is 15.9. The van der Waals surface area contributed by atoms with Crippen LogP contribution in [-0.2, 0) is 4.79 Å². The van der Waals surface area contributed by atoms with Gasteiger partial charge in [-0.2, -0.15) is 0 Å². The normalized spacial score (nSPS) is 11.2. The lowest BCUT2D eigenvalue weighted by Crippen LogP contribution is -2.26. The van der Waals surface area contributed by atoms with Crippen molar-refractivity contribution in [3.8, 4) is 0 Å². The summed E-state index contributed by atoms with van der Waals surface area (Å²) in [5.74, 6) is -0.355. The second-order valence-corrected chi connectivity index (χ2v) is 4.15. The molecule has 0 radical (unpaired) electrons. The molecule has 0 bridgehead atoms. The Morgan fingerprint density at radius 1 is 1.24 bits per heavy atom. The molecule has 6 heteroatoms. The molecule has 0 aliphatic carbocycles. The second-order valence-electron chi connectivity index (χ2n) is 4.15. The number of nitrogens with zero attached hydrogens (tertiary/aromatic N) is 2. The number of hydrogen-bond acceptors (Lipinski definition) is 5. The van der Waals surface area contributed by atoms with Crippen LogP contribution in [-0.4, -0.2) is 62.5 Å². The summed E-state index contributed by atoms with van der Waals surface area (Å²) in [7, 11) is 4.14. The Morgan fingerprint density at radius 3 is 2.53 bits per heavy atom. The number of carbonyl (C=O) groups is 1. The Hall–Kier alpha value is -1.14. The van der Waals surface area contributed by atoms with Crippen LogP contribution in [0.2, 0.25) is 0 Å². The summed E-state index contributed by atoms with van der Waals surface area (Å²) in [4.78, 5) is 13.0. The van der Waals surface area contributed by atoms with Crippen molar-refractivity contribution in [2.75, 3.05) is 40.3 Å². The molecule has 0 spiro atoms. The average Bonchev–Trinajstić information content (AvgIpc) is 2.27. The number of oxime groups is 1. The third-order valence-electron chi connectivity index (χ3n) is 2.21. The molecule has 1 amide bonds. The van der Waals surface area contributed by atoms with Crippen molar-refractivity contribution in [3.05, 3.63) is 0 Å². The van der Waals surface area contributed by atoms with E-state index in [-0.39, 0.29) is 5.91 Å². The third kappa shape index (κ3) is 12.8. The topological polar surface area (TPSA) is 77.0 Å². The lowest BCUT2D eigenvalue weighted by Gasteiger charge is -2.09. The lowest BCUT2D eigenvalue weighted by atomic mass is 10.3. The molecule has 0 saturated heterocycles. The zero-order chi connectivity index (χ0) is 12.9. The van der Waals surface area contributed by atoms with Gasteiger partial charge in [-0.25, -0.2) is 0 Å². The first-order chi connectivity index (χ1) is 8.16. The summed E-state index contributed by atoms with van der Waals surface area (Å²) in [5, 5.41) is 16.7. The van der Waals surface area contributed by atoms with Gasteiger partial charge in [0, 0.05) is 6.54 Å². The Balaban J connectivity index is 3.11. The summed E-state index contributed by atoms with van der Waals surface area (Å²) in [6.45, 7) is 3.72. The van der Waals surface area contributed by atoms with Crippen molar-refractivity contribution in [2.24, 2.45) is 5.16 Å². The minimum absolute atomic E-state index is 0.355. The first-order valence-corrected chi connectivity index (χ1v) is 5.97. The van der Waals surface area contributed by atoms with Crippen LogP contribution in [0.25, 0.3) is 0 Å². The van der Waals surface area contributed by atoms with Crippen LogP contribution >= 0.6 is 0 Å². The van der Waals surface area contributed by atoms with E-state index < -0.39 is 0 Å². The van der Waals surface area contributed by atoms with Gasteiger partial charge in [-0.15, -0.1) is 0 Å². The minimum atomic E-state index is -0.355. The van der Waals surface area contributed by atoms with Crippen molar-refractivity contribution in [1.82, 2.24) is 15.5 Å². The van der Waals surface area contributed by atoms with E-state index in [1.165, 1.54) is 0 Å². The SMILES string of the molecule is CN(C)CCCNCCCCNC(=O)/C=N/O. The molecule has 100 valence electrons. The summed E-state index contributed by atoms with van der Waals surface area (Å²) < 4.78 is 0. The molecule has 0 atom stereocenters. The fraction of sp³-hybridized carbons (Fsp3) is 0.818. The van der Waals surface area contributed by atoms with E-state index in [1.807, 2.05) is 0 Å². The highest BCUT2D eigenvalue weighted by atomic mass is 16.4. The number of rotatable bonds is 10. The molecule has 0 aromatic rings. The predicted octanol–water partition coefficient (Wildman–Crippen LogP) is -0.116. The third-order valence-corrected chi connectivity index (χ3v) is 2.21. The van der Waals surface area contributed by atoms with Crippen molar-refractivity contribution < 1.29 is 10.0 Å². The highest BCUT2D eigenvalue weighted by Gasteiger charge is 1.95. The molecule has 0 saturated carbocycles. The summed E-state index contributed by atoms with van der Waals surface area (Å²) in [5.41, 5.74) is 0. The van der Waals surface area contributed by atoms with Crippen molar-refractivity contribution in [2.45, 2.75) is 19.3 Å². The smallest absolute Gasteiger partial charge is 0.265 e. The van der Waals surface area contributed by atoms with E-state index in [0.717, 1.165) is 45.1 Å². The van der Waals surface area contributed by atoms with Gasteiger partial charge in [-0.3, -0.25) is 4.79 Å². The quantitative estimate of drug-likeness (QED) is 0.217. The molecular weight excluding hydrogens is 220 g/mol. The van der Waals surface area contributed by atoms with Gasteiger partial charge >= 0.3 is 0 Å². The first-order valence-electron chi connectivity index (χ1n) is 5.97. The number of carbonyl (C=O) groups excluding carboxylic acids is 1. The largest absolute Gasteiger partial charge is 0.411 e. The molecule has 17 heavy (non-hydrogen) atoms. The van der Waals surface area contributed by atoms with Gasteiger partial charge in [0.25, 0.3) is 5.91 Å². The Labute approximate surface area is 103 Å². The van der Waals surface area contributed by atoms with Crippen LogP contribution in [0.4, 0.5) is 0 Å². The molecule has 0 heterocycles. The zero-order valence-corrected chi connectivity index (χ0v) is 10.8. The van der Waals surface area contributed by atoms with Crippen molar-refractivity contribution in [3.63, 3.8) is 0 Å². The van der Waals surface area contributed by atoms with Crippen molar-refractivity contribution >= 4 is 12.1 Å². The number of amides is 1. The predicted molar refractivity (Wildman–Crippen MR) is 68.6 cm³/mol. The molecule has 0 aliphatic rings. The minimum Gasteiger partial charge on any atom is -0.411 e. The molecule has 0 rings (SSSR count). The van der Waals surface area contributed by atoms with Crippen LogP contribution in [0.1, 0.15) is 19.3 Å². The monoisotopic (exact) mass is 244 g/mol. The van der Waals surface area contributed by atoms with Crippen LogP contribution in [0.15, 0.2) is 5.16 Å². The van der Waals surface area contributed by atoms with Gasteiger partial charge in [0.05, 0.1) is 0 Å². The van der Waals surface area contributed by atoms with Crippen LogP contribution in [0.3, 0.4) is 0 Å². The fourth-order valence-electron chi connectivity index (χ4n) is 1.33. The molecule has 3 N–H and O–H groups in total. The van der Waals surface area contributed by atoms with Crippen molar-refractivity contribution in [1.29, 1.82) is 0 Å². The van der Waals surface area contributed by atoms with E-state index in [2.05, 4.69) is 34.8 Å². The Bertz CT molecular complexity index is 220. The molecule has 6 nitrogen and oxygen atoms in total. The molecular formula is C11H24N4O2. The highest BCUT2D eigenvalue weighted by Crippen LogP contribution is 1.86. The number of hydrogen-bond donors (Lipinski definition) is 3. The van der Waals surface area contributed by atoms with Gasteiger partial charge in [-0.1, -0.05) is 5.16 Å². The summed E-state index contributed by atoms with van der Waals surface area (Å²) in [6, 6.07) is 0. The standard InChI is InChI=1S/C11H24N4O2/c1-15(2)9-5-7-12-6-3-4-8-13-11(16)10-14-17/h10,12,17H,3-9H2,1-2H3,(H,13,16)/b14-10+. The molecule has 0 unspecified atom stereocenters. The van der Waals surface area contributed by atoms with E-state index >= 15 is 0 Å². The van der Waals surface area contributed by atoms with Crippen LogP contribution < -0.4 is 10.6 Å². The molecule has 0 aromatic heterocycles. The summed E-state index contributed by atoms with van der Waals surface area (Å²) in [6.07, 6.45) is 3.96. The number of nitrogens with one attached hydrogen (secondary N) is 2. The Morgan fingerprint density at radius 2 is 1.88 bits per heavy atom. The van der Waals surface area contributed by atoms with Crippen LogP contribution in [0, 0.1) is 0 Å². The highest BCUT2D eigenvalue weighted by molar-refractivity contribution is 6.25. The lowest BCUT2D eigenvalue weighted by molar-refractivity contribution is -0.114. The fourth-order valence-corrected chi connectivity index (χ4v) is 1.33. The Kier molecular flexibility index (Phi) is 10.6. The van der Waals surface area contributed by atoms with Gasteiger partial charge in [0.15, 0.2) is 0 Å². The second kappa shape index (κ2) is 11.3. The molecule has 0 fully saturated rings. The van der Waals surface area contributed by atoms with Crippen LogP contribution in [0.5, 0.6) is 0 Å². The molecule has 0 aromatic carbocycles. The van der Waals surface area contributed by atoms with Gasteiger partial charge in [-0.05, 0) is 53.0 Å². The maximum Gasteiger partial charge on any atom is 0.265 e. The van der Waals surface area contributed by atoms with E-state index in [0.29, 0.717) is 6.54 Å². The summed E-state index contributed by atoms with van der Waals surface area (Å²) >= 11 is 0. The number of unbranched alkanes of at least 4 members (excludes halogenated alkanes) is 1. The average molecular weight is 244 g/mol. The van der Waals surface area contributed by atoms with Gasteiger partial charge in [0.2, 0.25) is 0 Å². The zero-order valence-electron chi connectivity index (χ0n) is 10.8. The molecule has 0 aliphatic heterocycles. The van der Waals surface area contributed by atoms with Gasteiger partial charge < -0.3 is 20.7 Å². The maximum absolute atomic E-state index is 10.8.